The highest BCUT2D eigenvalue weighted by Gasteiger charge is 2.25. The second-order valence-electron chi connectivity index (χ2n) is 6.80. The average Bonchev–Trinajstić information content (AvgIpc) is 2.83. The van der Waals surface area contributed by atoms with Gasteiger partial charge in [0.25, 0.3) is 5.56 Å². The van der Waals surface area contributed by atoms with Gasteiger partial charge in [-0.2, -0.15) is 0 Å². The maximum Gasteiger partial charge on any atom is 0.278 e. The van der Waals surface area contributed by atoms with Crippen LogP contribution in [0.5, 0.6) is 5.88 Å². The SMILES string of the molecule is Cc1ccc(-c2ccc(F)cc2)c(C)c1-c1c(O)n2n(c1=O)CCOCC2. The molecule has 27 heavy (non-hydrogen) atoms. The number of hydrogen-bond donors (Lipinski definition) is 1. The minimum absolute atomic E-state index is 0.0343. The molecular weight excluding hydrogens is 347 g/mol. The summed E-state index contributed by atoms with van der Waals surface area (Å²) >= 11 is 0. The molecule has 4 rings (SSSR count). The lowest BCUT2D eigenvalue weighted by molar-refractivity contribution is 0.137. The van der Waals surface area contributed by atoms with Gasteiger partial charge in [0, 0.05) is 0 Å². The maximum absolute atomic E-state index is 13.3. The molecule has 1 aliphatic rings. The maximum atomic E-state index is 13.3. The molecule has 5 nitrogen and oxygen atoms in total. The number of aromatic nitrogens is 2. The van der Waals surface area contributed by atoms with E-state index in [0.29, 0.717) is 31.9 Å². The third-order valence-corrected chi connectivity index (χ3v) is 5.18. The number of aromatic hydroxyl groups is 1. The Kier molecular flexibility index (Phi) is 4.36. The van der Waals surface area contributed by atoms with Crippen molar-refractivity contribution in [3.05, 3.63) is 63.7 Å². The minimum Gasteiger partial charge on any atom is -0.493 e. The Hall–Kier alpha value is -2.86. The van der Waals surface area contributed by atoms with E-state index in [9.17, 15) is 14.3 Å². The van der Waals surface area contributed by atoms with E-state index in [-0.39, 0.29) is 17.3 Å². The molecular formula is C21H21FN2O3. The lowest BCUT2D eigenvalue weighted by atomic mass is 9.90. The van der Waals surface area contributed by atoms with E-state index in [1.54, 1.807) is 21.5 Å². The quantitative estimate of drug-likeness (QED) is 0.754. The number of benzene rings is 2. The van der Waals surface area contributed by atoms with Gasteiger partial charge in [0.1, 0.15) is 11.4 Å². The van der Waals surface area contributed by atoms with E-state index < -0.39 is 0 Å². The van der Waals surface area contributed by atoms with Gasteiger partial charge in [0.05, 0.1) is 26.3 Å². The van der Waals surface area contributed by atoms with Crippen molar-refractivity contribution in [3.63, 3.8) is 0 Å². The van der Waals surface area contributed by atoms with Crippen LogP contribution in [-0.2, 0) is 17.8 Å². The van der Waals surface area contributed by atoms with Crippen LogP contribution < -0.4 is 5.56 Å². The summed E-state index contributed by atoms with van der Waals surface area (Å²) in [7, 11) is 0. The van der Waals surface area contributed by atoms with Crippen LogP contribution in [0.3, 0.4) is 0 Å². The lowest BCUT2D eigenvalue weighted by Gasteiger charge is -2.14. The molecule has 1 aromatic heterocycles. The molecule has 1 aliphatic heterocycles. The van der Waals surface area contributed by atoms with Crippen LogP contribution in [0.4, 0.5) is 4.39 Å². The van der Waals surface area contributed by atoms with Crippen LogP contribution in [0, 0.1) is 19.7 Å². The van der Waals surface area contributed by atoms with Gasteiger partial charge < -0.3 is 9.84 Å². The molecule has 2 heterocycles. The van der Waals surface area contributed by atoms with Crippen molar-refractivity contribution in [2.24, 2.45) is 0 Å². The van der Waals surface area contributed by atoms with Crippen molar-refractivity contribution < 1.29 is 14.2 Å². The topological polar surface area (TPSA) is 56.4 Å². The largest absolute Gasteiger partial charge is 0.493 e. The summed E-state index contributed by atoms with van der Waals surface area (Å²) < 4.78 is 21.8. The number of fused-ring (bicyclic) bond motifs is 1. The smallest absolute Gasteiger partial charge is 0.278 e. The summed E-state index contributed by atoms with van der Waals surface area (Å²) in [6.07, 6.45) is 0. The predicted octanol–water partition coefficient (Wildman–Crippen LogP) is 3.48. The van der Waals surface area contributed by atoms with E-state index in [1.807, 2.05) is 26.0 Å². The fourth-order valence-electron chi connectivity index (χ4n) is 3.82. The highest BCUT2D eigenvalue weighted by molar-refractivity contribution is 5.82. The fraction of sp³-hybridized carbons (Fsp3) is 0.286. The van der Waals surface area contributed by atoms with E-state index in [2.05, 4.69) is 0 Å². The van der Waals surface area contributed by atoms with Gasteiger partial charge in [-0.25, -0.2) is 13.8 Å². The van der Waals surface area contributed by atoms with Crippen LogP contribution in [-0.4, -0.2) is 27.7 Å². The van der Waals surface area contributed by atoms with Crippen LogP contribution in [0.2, 0.25) is 0 Å². The molecule has 0 unspecified atom stereocenters. The van der Waals surface area contributed by atoms with Gasteiger partial charge in [-0.15, -0.1) is 0 Å². The Morgan fingerprint density at radius 3 is 2.33 bits per heavy atom. The zero-order valence-corrected chi connectivity index (χ0v) is 15.3. The van der Waals surface area contributed by atoms with Crippen molar-refractivity contribution in [1.82, 2.24) is 9.36 Å². The second kappa shape index (κ2) is 6.70. The third kappa shape index (κ3) is 2.86. The zero-order valence-electron chi connectivity index (χ0n) is 15.3. The molecule has 0 atom stereocenters. The second-order valence-corrected chi connectivity index (χ2v) is 6.80. The van der Waals surface area contributed by atoms with Crippen LogP contribution >= 0.6 is 0 Å². The summed E-state index contributed by atoms with van der Waals surface area (Å²) in [5.74, 6) is -0.328. The Morgan fingerprint density at radius 1 is 0.963 bits per heavy atom. The van der Waals surface area contributed by atoms with E-state index in [4.69, 9.17) is 4.74 Å². The highest BCUT2D eigenvalue weighted by Crippen LogP contribution is 2.37. The van der Waals surface area contributed by atoms with Crippen molar-refractivity contribution in [1.29, 1.82) is 0 Å². The monoisotopic (exact) mass is 368 g/mol. The van der Waals surface area contributed by atoms with E-state index >= 15 is 0 Å². The van der Waals surface area contributed by atoms with Crippen LogP contribution in [0.15, 0.2) is 41.2 Å². The molecule has 0 saturated carbocycles. The lowest BCUT2D eigenvalue weighted by Crippen LogP contribution is -2.23. The summed E-state index contributed by atoms with van der Waals surface area (Å²) in [6, 6.07) is 10.2. The molecule has 0 aliphatic carbocycles. The van der Waals surface area contributed by atoms with Gasteiger partial charge in [-0.3, -0.25) is 4.79 Å². The number of hydrogen-bond acceptors (Lipinski definition) is 3. The molecule has 0 amide bonds. The van der Waals surface area contributed by atoms with Crippen molar-refractivity contribution >= 4 is 0 Å². The van der Waals surface area contributed by atoms with Crippen LogP contribution in [0.25, 0.3) is 22.3 Å². The third-order valence-electron chi connectivity index (χ3n) is 5.18. The average molecular weight is 368 g/mol. The number of aryl methyl sites for hydroxylation is 1. The molecule has 0 bridgehead atoms. The molecule has 0 saturated heterocycles. The van der Waals surface area contributed by atoms with Gasteiger partial charge >= 0.3 is 0 Å². The van der Waals surface area contributed by atoms with Crippen molar-refractivity contribution in [3.8, 4) is 28.1 Å². The van der Waals surface area contributed by atoms with Crippen molar-refractivity contribution in [2.75, 3.05) is 13.2 Å². The Morgan fingerprint density at radius 2 is 1.63 bits per heavy atom. The number of halogens is 1. The Labute approximate surface area is 156 Å². The first kappa shape index (κ1) is 17.5. The number of rotatable bonds is 2. The summed E-state index contributed by atoms with van der Waals surface area (Å²) in [5, 5.41) is 10.8. The summed E-state index contributed by atoms with van der Waals surface area (Å²) in [5.41, 5.74) is 4.38. The molecule has 140 valence electrons. The summed E-state index contributed by atoms with van der Waals surface area (Å²) in [4.78, 5) is 13.1. The molecule has 3 aromatic rings. The van der Waals surface area contributed by atoms with Gasteiger partial charge in [-0.05, 0) is 53.8 Å². The van der Waals surface area contributed by atoms with Gasteiger partial charge in [-0.1, -0.05) is 24.3 Å². The Balaban J connectivity index is 1.94. The van der Waals surface area contributed by atoms with E-state index in [1.165, 1.54) is 12.1 Å². The first-order valence-electron chi connectivity index (χ1n) is 8.96. The summed E-state index contributed by atoms with van der Waals surface area (Å²) in [6.45, 7) is 5.58. The Bertz CT molecular complexity index is 1060. The molecule has 1 N–H and O–H groups in total. The highest BCUT2D eigenvalue weighted by atomic mass is 19.1. The first-order valence-corrected chi connectivity index (χ1v) is 8.96. The zero-order chi connectivity index (χ0) is 19.1. The normalized spacial score (nSPS) is 14.0. The van der Waals surface area contributed by atoms with Crippen LogP contribution in [0.1, 0.15) is 11.1 Å². The minimum atomic E-state index is -0.293. The van der Waals surface area contributed by atoms with Gasteiger partial charge in [0.2, 0.25) is 5.88 Å². The van der Waals surface area contributed by atoms with Gasteiger partial charge in [0.15, 0.2) is 0 Å². The van der Waals surface area contributed by atoms with Crippen molar-refractivity contribution in [2.45, 2.75) is 26.9 Å². The van der Waals surface area contributed by atoms with E-state index in [0.717, 1.165) is 27.8 Å². The first-order chi connectivity index (χ1) is 13.0. The molecule has 0 spiro atoms. The standard InChI is InChI=1S/C21H21FN2O3/c1-13-3-8-17(15-4-6-16(22)7-5-15)14(2)18(13)19-20(25)23-9-11-27-12-10-24(23)21(19)26/h3-8,25H,9-12H2,1-2H3. The number of nitrogens with zero attached hydrogens (tertiary/aromatic N) is 2. The molecule has 0 fully saturated rings. The number of ether oxygens (including phenoxy) is 1. The predicted molar refractivity (Wildman–Crippen MR) is 101 cm³/mol. The fourth-order valence-corrected chi connectivity index (χ4v) is 3.82. The molecule has 6 heteroatoms. The molecule has 2 aromatic carbocycles. The molecule has 0 radical (unpaired) electrons.